The molecule has 6 heterocycles. The van der Waals surface area contributed by atoms with Crippen molar-refractivity contribution in [3.05, 3.63) is 304 Å². The Morgan fingerprint density at radius 2 is 0.448 bits per heavy atom. The number of rotatable bonds is 7. The van der Waals surface area contributed by atoms with E-state index in [9.17, 15) is 0 Å². The van der Waals surface area contributed by atoms with Gasteiger partial charge in [-0.15, -0.1) is 0 Å². The van der Waals surface area contributed by atoms with Gasteiger partial charge in [-0.3, -0.25) is 4.57 Å². The zero-order chi connectivity index (χ0) is 56.8. The van der Waals surface area contributed by atoms with E-state index >= 15 is 0 Å². The molecule has 0 amide bonds. The summed E-state index contributed by atoms with van der Waals surface area (Å²) in [5.74, 6) is 0. The summed E-state index contributed by atoms with van der Waals surface area (Å²) in [5, 5.41) is 9.23. The lowest BCUT2D eigenvalue weighted by Gasteiger charge is -2.42. The lowest BCUT2D eigenvalue weighted by molar-refractivity contribution is 0.971. The van der Waals surface area contributed by atoms with Crippen molar-refractivity contribution < 1.29 is 0 Å². The molecule has 0 spiro atoms. The highest BCUT2D eigenvalue weighted by atomic mass is 15.3. The predicted octanol–water partition coefficient (Wildman–Crippen LogP) is 20.7. The average Bonchev–Trinajstić information content (AvgIpc) is 1.67. The Kier molecular flexibility index (Phi) is 10.0. The molecule has 0 unspecified atom stereocenters. The third kappa shape index (κ3) is 6.58. The highest BCUT2D eigenvalue weighted by Crippen LogP contribution is 2.61. The molecule has 19 rings (SSSR count). The molecule has 0 saturated heterocycles. The first kappa shape index (κ1) is 47.6. The van der Waals surface area contributed by atoms with E-state index in [1.54, 1.807) is 0 Å². The maximum absolute atomic E-state index is 5.40. The van der Waals surface area contributed by atoms with Crippen LogP contribution in [0.5, 0.6) is 0 Å². The highest BCUT2D eigenvalue weighted by Gasteiger charge is 2.41. The van der Waals surface area contributed by atoms with E-state index in [0.29, 0.717) is 0 Å². The Balaban J connectivity index is 1.19. The second-order valence-corrected chi connectivity index (χ2v) is 22.7. The van der Waals surface area contributed by atoms with Crippen LogP contribution in [0.4, 0.5) is 34.1 Å². The van der Waals surface area contributed by atoms with Crippen LogP contribution in [0.3, 0.4) is 0 Å². The van der Waals surface area contributed by atoms with Gasteiger partial charge in [0, 0.05) is 48.8 Å². The average molecular weight is 1110 g/mol. The van der Waals surface area contributed by atoms with Crippen molar-refractivity contribution in [2.45, 2.75) is 0 Å². The predicted molar refractivity (Wildman–Crippen MR) is 361 cm³/mol. The normalized spacial score (nSPS) is 12.6. The SMILES string of the molecule is c1ccc(N2c3ccccc3N(c3c(-n4c5ccccc5c5ccccc54)c(-n4c5ccccc5c5ccccc54)c(-n4cnc5ccccc54)c(-n4c5ccccc5c5ccccc54)c3-n3c4ccccc4c4ccccc43)c3ccccc32)cc1. The fourth-order valence-electron chi connectivity index (χ4n) is 14.8. The molecule has 1 aliphatic rings. The van der Waals surface area contributed by atoms with Crippen molar-refractivity contribution in [1.82, 2.24) is 27.8 Å². The maximum Gasteiger partial charge on any atom is 0.101 e. The van der Waals surface area contributed by atoms with Crippen molar-refractivity contribution in [3.63, 3.8) is 0 Å². The minimum Gasteiger partial charge on any atom is -0.306 e. The third-order valence-corrected chi connectivity index (χ3v) is 18.2. The number of para-hydroxylation sites is 15. The molecule has 0 bridgehead atoms. The fourth-order valence-corrected chi connectivity index (χ4v) is 14.8. The number of hydrogen-bond acceptors (Lipinski definition) is 3. The van der Waals surface area contributed by atoms with Crippen LogP contribution >= 0.6 is 0 Å². The summed E-state index contributed by atoms with van der Waals surface area (Å²) >= 11 is 0. The molecule has 0 saturated carbocycles. The molecule has 0 fully saturated rings. The molecular weight excluding hydrogens is 1060 g/mol. The molecule has 0 radical (unpaired) electrons. The summed E-state index contributed by atoms with van der Waals surface area (Å²) < 4.78 is 12.8. The third-order valence-electron chi connectivity index (χ3n) is 18.2. The topological polar surface area (TPSA) is 44.0 Å². The second-order valence-electron chi connectivity index (χ2n) is 22.7. The molecule has 406 valence electrons. The van der Waals surface area contributed by atoms with E-state index in [4.69, 9.17) is 4.98 Å². The first-order valence-electron chi connectivity index (χ1n) is 29.7. The van der Waals surface area contributed by atoms with E-state index in [1.807, 2.05) is 0 Å². The number of fused-ring (bicyclic) bond motifs is 15. The van der Waals surface area contributed by atoms with Crippen LogP contribution in [0.25, 0.3) is 127 Å². The molecule has 0 atom stereocenters. The van der Waals surface area contributed by atoms with E-state index in [0.717, 1.165) is 161 Å². The van der Waals surface area contributed by atoms with Crippen LogP contribution in [0.1, 0.15) is 0 Å². The fraction of sp³-hybridized carbons (Fsp3) is 0. The van der Waals surface area contributed by atoms with Gasteiger partial charge in [0.1, 0.15) is 6.33 Å². The van der Waals surface area contributed by atoms with Crippen LogP contribution in [-0.2, 0) is 0 Å². The van der Waals surface area contributed by atoms with E-state index in [2.05, 4.69) is 336 Å². The number of hydrogen-bond donors (Lipinski definition) is 0. The summed E-state index contributed by atoms with van der Waals surface area (Å²) in [6.07, 6.45) is 2.07. The van der Waals surface area contributed by atoms with Gasteiger partial charge in [0.15, 0.2) is 0 Å². The summed E-state index contributed by atoms with van der Waals surface area (Å²) in [7, 11) is 0. The number of imidazole rings is 1. The van der Waals surface area contributed by atoms with Crippen molar-refractivity contribution in [2.75, 3.05) is 9.80 Å². The molecule has 0 aliphatic carbocycles. The lowest BCUT2D eigenvalue weighted by Crippen LogP contribution is -2.27. The minimum atomic E-state index is 0.889. The summed E-state index contributed by atoms with van der Waals surface area (Å²) in [6.45, 7) is 0. The van der Waals surface area contributed by atoms with Crippen LogP contribution < -0.4 is 9.80 Å². The van der Waals surface area contributed by atoms with Gasteiger partial charge in [-0.25, -0.2) is 4.98 Å². The Labute approximate surface area is 499 Å². The molecule has 0 N–H and O–H groups in total. The number of nitrogens with zero attached hydrogens (tertiary/aromatic N) is 8. The summed E-state index contributed by atoms with van der Waals surface area (Å²) in [4.78, 5) is 10.5. The van der Waals surface area contributed by atoms with Gasteiger partial charge in [-0.05, 0) is 97.1 Å². The van der Waals surface area contributed by atoms with E-state index in [-0.39, 0.29) is 0 Å². The van der Waals surface area contributed by atoms with Crippen molar-refractivity contribution in [1.29, 1.82) is 0 Å². The monoisotopic (exact) mass is 1110 g/mol. The quantitative estimate of drug-likeness (QED) is 0.160. The van der Waals surface area contributed by atoms with Crippen LogP contribution in [0, 0.1) is 0 Å². The molecular formula is C79H50N8. The van der Waals surface area contributed by atoms with Crippen LogP contribution in [0.15, 0.2) is 304 Å². The Morgan fingerprint density at radius 3 is 0.782 bits per heavy atom. The van der Waals surface area contributed by atoms with Crippen LogP contribution in [0.2, 0.25) is 0 Å². The Bertz CT molecular complexity index is 5360. The summed E-state index contributed by atoms with van der Waals surface area (Å²) in [6, 6.07) is 109. The van der Waals surface area contributed by atoms with Crippen molar-refractivity contribution >= 4 is 132 Å². The maximum atomic E-state index is 5.40. The zero-order valence-corrected chi connectivity index (χ0v) is 46.9. The molecule has 1 aliphatic heterocycles. The van der Waals surface area contributed by atoms with Gasteiger partial charge in [0.25, 0.3) is 0 Å². The van der Waals surface area contributed by atoms with Crippen molar-refractivity contribution in [2.24, 2.45) is 0 Å². The summed E-state index contributed by atoms with van der Waals surface area (Å²) in [5.41, 5.74) is 21.5. The van der Waals surface area contributed by atoms with Gasteiger partial charge >= 0.3 is 0 Å². The Hall–Kier alpha value is -11.9. The van der Waals surface area contributed by atoms with Gasteiger partial charge < -0.3 is 28.1 Å². The minimum absolute atomic E-state index is 0.889. The highest BCUT2D eigenvalue weighted by molar-refractivity contribution is 6.19. The zero-order valence-electron chi connectivity index (χ0n) is 46.9. The Morgan fingerprint density at radius 1 is 0.195 bits per heavy atom. The lowest BCUT2D eigenvalue weighted by atomic mass is 9.99. The molecule has 18 aromatic rings. The van der Waals surface area contributed by atoms with Gasteiger partial charge in [0.2, 0.25) is 0 Å². The molecule has 8 nitrogen and oxygen atoms in total. The van der Waals surface area contributed by atoms with Crippen molar-refractivity contribution in [3.8, 4) is 28.4 Å². The van der Waals surface area contributed by atoms with Gasteiger partial charge in [-0.1, -0.05) is 200 Å². The standard InChI is InChI=1S/C79H50N8/c1-2-26-51(27-3-1)82-70-46-22-24-48-72(70)87(73-49-25-23-47-71(73)82)79-77(85-65-41-17-8-32-56(65)57-33-9-18-42-66(57)85)75(83-61-37-13-4-28-52(61)53-29-5-14-38-62(53)83)74(81-50-80-60-36-12-21-45-69(60)81)76(84-63-39-15-6-30-54(63)55-31-7-16-40-64(55)84)78(79)86-67-43-19-10-34-58(67)59-35-11-20-44-68(59)86/h1-50H. The number of aromatic nitrogens is 6. The van der Waals surface area contributed by atoms with Crippen LogP contribution in [-0.4, -0.2) is 27.8 Å². The molecule has 8 heteroatoms. The first-order valence-corrected chi connectivity index (χ1v) is 29.7. The smallest absolute Gasteiger partial charge is 0.101 e. The van der Waals surface area contributed by atoms with Gasteiger partial charge in [0.05, 0.1) is 112 Å². The van der Waals surface area contributed by atoms with Gasteiger partial charge in [-0.2, -0.15) is 0 Å². The molecule has 87 heavy (non-hydrogen) atoms. The number of benzene rings is 13. The number of anilines is 6. The molecule has 5 aromatic heterocycles. The second kappa shape index (κ2) is 18.3. The molecule has 13 aromatic carbocycles. The van der Waals surface area contributed by atoms with E-state index < -0.39 is 0 Å². The largest absolute Gasteiger partial charge is 0.306 e. The van der Waals surface area contributed by atoms with E-state index in [1.165, 1.54) is 0 Å². The first-order chi connectivity index (χ1) is 43.3.